The average molecular weight is 474 g/mol. The van der Waals surface area contributed by atoms with E-state index < -0.39 is 5.91 Å². The number of amides is 2. The average Bonchev–Trinajstić information content (AvgIpc) is 3.20. The molecule has 1 aliphatic rings. The van der Waals surface area contributed by atoms with Gasteiger partial charge in [-0.3, -0.25) is 9.59 Å². The Labute approximate surface area is 204 Å². The van der Waals surface area contributed by atoms with Crippen molar-refractivity contribution < 1.29 is 9.59 Å². The maximum Gasteiger partial charge on any atom is 0.269 e. The van der Waals surface area contributed by atoms with Crippen LogP contribution in [0.1, 0.15) is 61.0 Å². The van der Waals surface area contributed by atoms with Gasteiger partial charge < -0.3 is 21.8 Å². The number of carbonyl (C=O) groups excluding carboxylic acids is 2. The van der Waals surface area contributed by atoms with Crippen molar-refractivity contribution in [2.24, 2.45) is 5.73 Å². The van der Waals surface area contributed by atoms with Crippen molar-refractivity contribution in [3.05, 3.63) is 77.4 Å². The second-order valence-corrected chi connectivity index (χ2v) is 8.93. The molecule has 0 radical (unpaired) electrons. The lowest BCUT2D eigenvalue weighted by atomic mass is 10.0. The Bertz CT molecular complexity index is 1230. The first-order valence-electron chi connectivity index (χ1n) is 11.7. The molecule has 9 nitrogen and oxygen atoms in total. The van der Waals surface area contributed by atoms with Crippen molar-refractivity contribution in [2.45, 2.75) is 45.7 Å². The smallest absolute Gasteiger partial charge is 0.269 e. The first kappa shape index (κ1) is 24.0. The third-order valence-electron chi connectivity index (χ3n) is 6.03. The molecule has 5 N–H and O–H groups in total. The van der Waals surface area contributed by atoms with Crippen molar-refractivity contribution in [2.75, 3.05) is 17.7 Å². The zero-order chi connectivity index (χ0) is 24.9. The number of anilines is 1. The summed E-state index contributed by atoms with van der Waals surface area (Å²) >= 11 is 0. The zero-order valence-electron chi connectivity index (χ0n) is 20.1. The highest BCUT2D eigenvalue weighted by molar-refractivity contribution is 5.97. The van der Waals surface area contributed by atoms with Crippen LogP contribution in [-0.2, 0) is 11.3 Å². The van der Waals surface area contributed by atoms with Gasteiger partial charge in [0, 0.05) is 30.9 Å². The predicted octanol–water partition coefficient (Wildman–Crippen LogP) is 3.39. The molecule has 1 fully saturated rings. The van der Waals surface area contributed by atoms with E-state index in [1.165, 1.54) is 4.68 Å². The van der Waals surface area contributed by atoms with Crippen LogP contribution < -0.4 is 16.9 Å². The number of pyridine rings is 1. The number of rotatable bonds is 7. The number of carbonyl (C=O) groups is 2. The molecule has 2 aromatic heterocycles. The van der Waals surface area contributed by atoms with Crippen molar-refractivity contribution in [3.63, 3.8) is 0 Å². The first-order chi connectivity index (χ1) is 16.8. The van der Waals surface area contributed by atoms with Gasteiger partial charge in [-0.25, -0.2) is 14.6 Å². The molecule has 4 rings (SSSR count). The van der Waals surface area contributed by atoms with Gasteiger partial charge in [0.05, 0.1) is 6.04 Å². The Morgan fingerprint density at radius 1 is 1.14 bits per heavy atom. The summed E-state index contributed by atoms with van der Waals surface area (Å²) < 4.78 is 1.26. The fourth-order valence-corrected chi connectivity index (χ4v) is 4.36. The Kier molecular flexibility index (Phi) is 7.14. The summed E-state index contributed by atoms with van der Waals surface area (Å²) in [6.07, 6.45) is 5.92. The number of hydrogen-bond acceptors (Lipinski definition) is 6. The highest BCUT2D eigenvalue weighted by Crippen LogP contribution is 2.33. The molecule has 3 aromatic rings. The normalized spacial score (nSPS) is 15.5. The van der Waals surface area contributed by atoms with Gasteiger partial charge in [0.1, 0.15) is 11.5 Å². The van der Waals surface area contributed by atoms with Gasteiger partial charge in [0.2, 0.25) is 5.91 Å². The molecule has 1 saturated heterocycles. The molecule has 182 valence electrons. The minimum atomic E-state index is -0.667. The number of aromatic nitrogens is 3. The van der Waals surface area contributed by atoms with Crippen LogP contribution in [0.4, 0.5) is 5.82 Å². The molecular formula is C26H31N7O2. The second-order valence-electron chi connectivity index (χ2n) is 8.93. The molecule has 2 amide bonds. The number of nitrogens with one attached hydrogen (secondary N) is 1. The minimum absolute atomic E-state index is 0.0790. The van der Waals surface area contributed by atoms with Gasteiger partial charge in [-0.05, 0) is 50.8 Å². The first-order valence-corrected chi connectivity index (χ1v) is 11.7. The number of piperidine rings is 1. The van der Waals surface area contributed by atoms with Crippen LogP contribution in [0.25, 0.3) is 11.3 Å². The van der Waals surface area contributed by atoms with E-state index in [2.05, 4.69) is 10.3 Å². The summed E-state index contributed by atoms with van der Waals surface area (Å²) in [5.74, 6) is 6.87. The fraction of sp³-hybridized carbons (Fsp3) is 0.308. The third-order valence-corrected chi connectivity index (χ3v) is 6.03. The predicted molar refractivity (Wildman–Crippen MR) is 136 cm³/mol. The van der Waals surface area contributed by atoms with Gasteiger partial charge in [-0.15, -0.1) is 0 Å². The van der Waals surface area contributed by atoms with E-state index in [9.17, 15) is 9.59 Å². The van der Waals surface area contributed by atoms with Crippen molar-refractivity contribution in [1.29, 1.82) is 0 Å². The molecule has 1 atom stereocenters. The molecule has 0 bridgehead atoms. The van der Waals surface area contributed by atoms with Crippen LogP contribution in [0.15, 0.2) is 60.3 Å². The van der Waals surface area contributed by atoms with Gasteiger partial charge in [-0.2, -0.15) is 0 Å². The van der Waals surface area contributed by atoms with E-state index in [0.29, 0.717) is 31.0 Å². The quantitative estimate of drug-likeness (QED) is 0.356. The van der Waals surface area contributed by atoms with E-state index >= 15 is 0 Å². The maximum absolute atomic E-state index is 12.9. The molecule has 9 heteroatoms. The number of imidazole rings is 1. The molecule has 35 heavy (non-hydrogen) atoms. The number of benzene rings is 1. The van der Waals surface area contributed by atoms with Crippen LogP contribution in [0.5, 0.6) is 0 Å². The van der Waals surface area contributed by atoms with Gasteiger partial charge in [0.15, 0.2) is 11.5 Å². The summed E-state index contributed by atoms with van der Waals surface area (Å²) in [6.45, 7) is 4.98. The van der Waals surface area contributed by atoms with E-state index in [1.54, 1.807) is 17.2 Å². The van der Waals surface area contributed by atoms with Gasteiger partial charge in [-0.1, -0.05) is 35.9 Å². The molecule has 0 unspecified atom stereocenters. The van der Waals surface area contributed by atoms with Crippen LogP contribution in [0.3, 0.4) is 0 Å². The molecule has 1 aromatic carbocycles. The van der Waals surface area contributed by atoms with E-state index in [-0.39, 0.29) is 17.6 Å². The zero-order valence-corrected chi connectivity index (χ0v) is 20.1. The van der Waals surface area contributed by atoms with E-state index in [1.807, 2.05) is 56.3 Å². The van der Waals surface area contributed by atoms with E-state index in [0.717, 1.165) is 35.4 Å². The topological polar surface area (TPSA) is 132 Å². The van der Waals surface area contributed by atoms with Crippen LogP contribution in [0.2, 0.25) is 0 Å². The summed E-state index contributed by atoms with van der Waals surface area (Å²) in [7, 11) is 0. The Morgan fingerprint density at radius 2 is 1.91 bits per heavy atom. The summed E-state index contributed by atoms with van der Waals surface area (Å²) in [5, 5.41) is 3.27. The minimum Gasteiger partial charge on any atom is -0.366 e. The number of nitrogens with two attached hydrogens (primary N) is 2. The third kappa shape index (κ3) is 5.34. The highest BCUT2D eigenvalue weighted by atomic mass is 16.2. The Balaban J connectivity index is 1.63. The number of allylic oxidation sites excluding steroid dienone is 1. The summed E-state index contributed by atoms with van der Waals surface area (Å²) in [4.78, 5) is 36.0. The number of primary amides is 1. The summed E-state index contributed by atoms with van der Waals surface area (Å²) in [5.41, 5.74) is 8.94. The van der Waals surface area contributed by atoms with Crippen LogP contribution in [-0.4, -0.2) is 37.9 Å². The number of hydrogen-bond donors (Lipinski definition) is 3. The standard InChI is InChI=1S/C26H31N7O2/c1-17(2)15-22(34)32-14-6-4-7-20(32)26-31-23(24(25(27)35)33(26)28)19-11-9-18(10-12-19)16-30-21-8-3-5-13-29-21/h3,5,8-13,15,20H,4,6-7,14,16,28H2,1-2H3,(H2,27,35)(H,29,30)/t20-/m0/s1. The number of nitrogens with zero attached hydrogens (tertiary/aromatic N) is 4. The maximum atomic E-state index is 12.9. The monoisotopic (exact) mass is 473 g/mol. The lowest BCUT2D eigenvalue weighted by molar-refractivity contribution is -0.130. The number of nitrogen functional groups attached to an aromatic ring is 1. The lowest BCUT2D eigenvalue weighted by Crippen LogP contribution is -2.40. The van der Waals surface area contributed by atoms with Gasteiger partial charge in [0.25, 0.3) is 5.91 Å². The van der Waals surface area contributed by atoms with Gasteiger partial charge >= 0.3 is 0 Å². The molecule has 1 aliphatic heterocycles. The lowest BCUT2D eigenvalue weighted by Gasteiger charge is -2.34. The number of likely N-dealkylation sites (tertiary alicyclic amines) is 1. The van der Waals surface area contributed by atoms with Crippen molar-refractivity contribution >= 4 is 17.6 Å². The molecule has 0 aliphatic carbocycles. The van der Waals surface area contributed by atoms with Crippen molar-refractivity contribution in [3.8, 4) is 11.3 Å². The second kappa shape index (κ2) is 10.4. The van der Waals surface area contributed by atoms with E-state index in [4.69, 9.17) is 16.6 Å². The van der Waals surface area contributed by atoms with Crippen LogP contribution >= 0.6 is 0 Å². The molecule has 3 heterocycles. The molecule has 0 saturated carbocycles. The van der Waals surface area contributed by atoms with Crippen LogP contribution in [0, 0.1) is 0 Å². The largest absolute Gasteiger partial charge is 0.366 e. The molecule has 0 spiro atoms. The Hall–Kier alpha value is -4.14. The Morgan fingerprint density at radius 3 is 2.57 bits per heavy atom. The fourth-order valence-electron chi connectivity index (χ4n) is 4.36. The SMILES string of the molecule is CC(C)=CC(=O)N1CCCC[C@H]1c1nc(-c2ccc(CNc3ccccn3)cc2)c(C(N)=O)n1N. The molecular weight excluding hydrogens is 442 g/mol. The van der Waals surface area contributed by atoms with Crippen molar-refractivity contribution in [1.82, 2.24) is 19.5 Å². The summed E-state index contributed by atoms with van der Waals surface area (Å²) in [6, 6.07) is 13.1. The highest BCUT2D eigenvalue weighted by Gasteiger charge is 2.33.